The Balaban J connectivity index is 1.62. The third-order valence-corrected chi connectivity index (χ3v) is 4.67. The lowest BCUT2D eigenvalue weighted by Gasteiger charge is -2.01. The number of amides is 1. The minimum atomic E-state index is -0.0421. The van der Waals surface area contributed by atoms with Crippen LogP contribution in [0.25, 0.3) is 21.0 Å². The van der Waals surface area contributed by atoms with Gasteiger partial charge in [-0.15, -0.1) is 0 Å². The fourth-order valence-electron chi connectivity index (χ4n) is 2.66. The average molecular weight is 318 g/mol. The molecule has 1 aromatic heterocycles. The van der Waals surface area contributed by atoms with Gasteiger partial charge in [0.15, 0.2) is 5.13 Å². The summed E-state index contributed by atoms with van der Waals surface area (Å²) in [5, 5.41) is 5.84. The van der Waals surface area contributed by atoms with Gasteiger partial charge in [0.1, 0.15) is 0 Å². The van der Waals surface area contributed by atoms with Crippen LogP contribution in [0, 0.1) is 0 Å². The Morgan fingerprint density at radius 3 is 2.61 bits per heavy atom. The number of benzene rings is 3. The van der Waals surface area contributed by atoms with Crippen LogP contribution >= 0.6 is 11.3 Å². The summed E-state index contributed by atoms with van der Waals surface area (Å²) in [5.74, 6) is -0.0421. The number of anilines is 1. The molecule has 4 rings (SSSR count). The second-order valence-corrected chi connectivity index (χ2v) is 6.39. The van der Waals surface area contributed by atoms with Crippen LogP contribution in [0.3, 0.4) is 0 Å². The number of carbonyl (C=O) groups excluding carboxylic acids is 1. The lowest BCUT2D eigenvalue weighted by Crippen LogP contribution is -2.13. The van der Waals surface area contributed by atoms with Crippen molar-refractivity contribution in [1.82, 2.24) is 4.98 Å². The van der Waals surface area contributed by atoms with Crippen LogP contribution in [0.4, 0.5) is 5.13 Å². The van der Waals surface area contributed by atoms with E-state index in [1.165, 1.54) is 11.3 Å². The van der Waals surface area contributed by atoms with E-state index in [0.717, 1.165) is 26.6 Å². The van der Waals surface area contributed by atoms with Crippen LogP contribution in [0.15, 0.2) is 66.7 Å². The van der Waals surface area contributed by atoms with Gasteiger partial charge < -0.3 is 5.32 Å². The maximum atomic E-state index is 12.2. The van der Waals surface area contributed by atoms with E-state index >= 15 is 0 Å². The summed E-state index contributed by atoms with van der Waals surface area (Å²) >= 11 is 1.51. The minimum absolute atomic E-state index is 0.0421. The predicted octanol–water partition coefficient (Wildman–Crippen LogP) is 4.63. The van der Waals surface area contributed by atoms with E-state index in [9.17, 15) is 4.79 Å². The fourth-order valence-corrected chi connectivity index (χ4v) is 3.56. The lowest BCUT2D eigenvalue weighted by molar-refractivity contribution is -0.115. The summed E-state index contributed by atoms with van der Waals surface area (Å²) in [6.45, 7) is 0. The first-order valence-corrected chi connectivity index (χ1v) is 8.23. The molecule has 0 radical (unpaired) electrons. The topological polar surface area (TPSA) is 42.0 Å². The van der Waals surface area contributed by atoms with Crippen molar-refractivity contribution in [3.63, 3.8) is 0 Å². The molecule has 0 unspecified atom stereocenters. The number of fused-ring (bicyclic) bond motifs is 3. The molecule has 0 spiro atoms. The molecular formula is C19H14N2OS. The van der Waals surface area contributed by atoms with Gasteiger partial charge in [-0.1, -0.05) is 72.0 Å². The summed E-state index contributed by atoms with van der Waals surface area (Å²) in [5.41, 5.74) is 1.94. The molecule has 0 aliphatic carbocycles. The Bertz CT molecular complexity index is 992. The Morgan fingerprint density at radius 1 is 0.957 bits per heavy atom. The monoisotopic (exact) mass is 318 g/mol. The number of carbonyl (C=O) groups is 1. The predicted molar refractivity (Wildman–Crippen MR) is 95.9 cm³/mol. The first-order chi connectivity index (χ1) is 11.3. The van der Waals surface area contributed by atoms with E-state index in [-0.39, 0.29) is 5.91 Å². The fraction of sp³-hybridized carbons (Fsp3) is 0.0526. The molecule has 112 valence electrons. The first kappa shape index (κ1) is 13.9. The summed E-state index contributed by atoms with van der Waals surface area (Å²) in [6, 6.07) is 22.0. The smallest absolute Gasteiger partial charge is 0.230 e. The largest absolute Gasteiger partial charge is 0.302 e. The van der Waals surface area contributed by atoms with Crippen LogP contribution < -0.4 is 5.32 Å². The summed E-state index contributed by atoms with van der Waals surface area (Å²) in [6.07, 6.45) is 0.359. The molecule has 4 aromatic rings. The second-order valence-electron chi connectivity index (χ2n) is 5.36. The van der Waals surface area contributed by atoms with Crippen molar-refractivity contribution in [1.29, 1.82) is 0 Å². The standard InChI is InChI=1S/C19H14N2OS/c22-17(12-13-6-2-1-3-7-13)20-19-21-18-15-9-5-4-8-14(15)10-11-16(18)23-19/h1-11H,12H2,(H,20,21,22). The maximum absolute atomic E-state index is 12.2. The van der Waals surface area contributed by atoms with E-state index in [1.54, 1.807) is 0 Å². The Kier molecular flexibility index (Phi) is 3.52. The molecule has 0 atom stereocenters. The van der Waals surface area contributed by atoms with E-state index in [1.807, 2.05) is 42.5 Å². The van der Waals surface area contributed by atoms with E-state index < -0.39 is 0 Å². The van der Waals surface area contributed by atoms with E-state index in [0.29, 0.717) is 11.6 Å². The van der Waals surface area contributed by atoms with Gasteiger partial charge in [0.2, 0.25) is 5.91 Å². The lowest BCUT2D eigenvalue weighted by atomic mass is 10.1. The van der Waals surface area contributed by atoms with Gasteiger partial charge in [-0.05, 0) is 17.0 Å². The van der Waals surface area contributed by atoms with Crippen LogP contribution in [-0.4, -0.2) is 10.9 Å². The minimum Gasteiger partial charge on any atom is -0.302 e. The molecule has 4 heteroatoms. The number of aromatic nitrogens is 1. The van der Waals surface area contributed by atoms with Crippen molar-refractivity contribution in [2.45, 2.75) is 6.42 Å². The molecule has 0 fully saturated rings. The maximum Gasteiger partial charge on any atom is 0.230 e. The van der Waals surface area contributed by atoms with Crippen LogP contribution in [0.1, 0.15) is 5.56 Å². The highest BCUT2D eigenvalue weighted by Gasteiger charge is 2.10. The van der Waals surface area contributed by atoms with E-state index in [4.69, 9.17) is 0 Å². The molecule has 0 saturated heterocycles. The highest BCUT2D eigenvalue weighted by Crippen LogP contribution is 2.31. The van der Waals surface area contributed by atoms with Gasteiger partial charge in [0.25, 0.3) is 0 Å². The number of hydrogen-bond donors (Lipinski definition) is 1. The second kappa shape index (κ2) is 5.82. The average Bonchev–Trinajstić information content (AvgIpc) is 2.98. The number of hydrogen-bond acceptors (Lipinski definition) is 3. The van der Waals surface area contributed by atoms with Gasteiger partial charge in [-0.3, -0.25) is 4.79 Å². The molecule has 0 bridgehead atoms. The Labute approximate surface area is 137 Å². The van der Waals surface area contributed by atoms with Crippen molar-refractivity contribution in [2.75, 3.05) is 5.32 Å². The van der Waals surface area contributed by atoms with Crippen molar-refractivity contribution in [3.8, 4) is 0 Å². The van der Waals surface area contributed by atoms with Gasteiger partial charge in [-0.2, -0.15) is 0 Å². The molecule has 23 heavy (non-hydrogen) atoms. The highest BCUT2D eigenvalue weighted by molar-refractivity contribution is 7.22. The number of thiazole rings is 1. The zero-order valence-corrected chi connectivity index (χ0v) is 13.1. The third kappa shape index (κ3) is 2.81. The van der Waals surface area contributed by atoms with Crippen molar-refractivity contribution < 1.29 is 4.79 Å². The third-order valence-electron chi connectivity index (χ3n) is 3.74. The zero-order chi connectivity index (χ0) is 15.6. The number of nitrogens with one attached hydrogen (secondary N) is 1. The molecule has 1 heterocycles. The van der Waals surface area contributed by atoms with Gasteiger partial charge in [0, 0.05) is 5.39 Å². The summed E-state index contributed by atoms with van der Waals surface area (Å²) in [7, 11) is 0. The van der Waals surface area contributed by atoms with E-state index in [2.05, 4.69) is 34.6 Å². The molecule has 3 nitrogen and oxygen atoms in total. The molecule has 1 amide bonds. The van der Waals surface area contributed by atoms with Crippen molar-refractivity contribution in [2.24, 2.45) is 0 Å². The summed E-state index contributed by atoms with van der Waals surface area (Å²) in [4.78, 5) is 16.8. The molecule has 1 N–H and O–H groups in total. The van der Waals surface area contributed by atoms with Crippen molar-refractivity contribution >= 4 is 43.4 Å². The van der Waals surface area contributed by atoms with Gasteiger partial charge >= 0.3 is 0 Å². The normalized spacial score (nSPS) is 11.0. The molecule has 0 saturated carbocycles. The van der Waals surface area contributed by atoms with Crippen LogP contribution in [0.5, 0.6) is 0 Å². The van der Waals surface area contributed by atoms with Gasteiger partial charge in [-0.25, -0.2) is 4.98 Å². The Hall–Kier alpha value is -2.72. The molecule has 0 aliphatic heterocycles. The summed E-state index contributed by atoms with van der Waals surface area (Å²) < 4.78 is 1.08. The Morgan fingerprint density at radius 2 is 1.74 bits per heavy atom. The number of rotatable bonds is 3. The van der Waals surface area contributed by atoms with Crippen molar-refractivity contribution in [3.05, 3.63) is 72.3 Å². The quantitative estimate of drug-likeness (QED) is 0.598. The van der Waals surface area contributed by atoms with Crippen LogP contribution in [-0.2, 0) is 11.2 Å². The molecule has 0 aliphatic rings. The molecular weight excluding hydrogens is 304 g/mol. The zero-order valence-electron chi connectivity index (χ0n) is 12.3. The van der Waals surface area contributed by atoms with Crippen LogP contribution in [0.2, 0.25) is 0 Å². The first-order valence-electron chi connectivity index (χ1n) is 7.42. The SMILES string of the molecule is O=C(Cc1ccccc1)Nc1nc2c(ccc3ccccc32)s1. The van der Waals surface area contributed by atoms with Gasteiger partial charge in [0.05, 0.1) is 16.6 Å². The highest BCUT2D eigenvalue weighted by atomic mass is 32.1. The molecule has 3 aromatic carbocycles. The number of nitrogens with zero attached hydrogens (tertiary/aromatic N) is 1.